The Morgan fingerprint density at radius 3 is 2.37 bits per heavy atom. The van der Waals surface area contributed by atoms with Crippen molar-refractivity contribution >= 4 is 5.82 Å². The van der Waals surface area contributed by atoms with Crippen molar-refractivity contribution < 1.29 is 0 Å². The molecule has 3 unspecified atom stereocenters. The fraction of sp³-hybridized carbons (Fsp3) is 0.667. The minimum atomic E-state index is 0.354. The van der Waals surface area contributed by atoms with Crippen LogP contribution >= 0.6 is 0 Å². The van der Waals surface area contributed by atoms with E-state index in [4.69, 9.17) is 0 Å². The van der Waals surface area contributed by atoms with Crippen LogP contribution in [0.3, 0.4) is 0 Å². The monoisotopic (exact) mass is 262 g/mol. The third-order valence-electron chi connectivity index (χ3n) is 4.39. The molecule has 1 N–H and O–H groups in total. The van der Waals surface area contributed by atoms with Gasteiger partial charge in [-0.25, -0.2) is 4.98 Å². The van der Waals surface area contributed by atoms with Crippen LogP contribution in [0.1, 0.15) is 32.4 Å². The lowest BCUT2D eigenvalue weighted by Gasteiger charge is -2.43. The number of aromatic nitrogens is 1. The van der Waals surface area contributed by atoms with Crippen LogP contribution in [0.25, 0.3) is 0 Å². The van der Waals surface area contributed by atoms with Gasteiger partial charge in [0, 0.05) is 37.4 Å². The molecule has 0 amide bonds. The normalized spacial score (nSPS) is 26.5. The molecule has 1 fully saturated rings. The fourth-order valence-electron chi connectivity index (χ4n) is 2.60. The molecular formula is C15H26N4. The third-order valence-corrected chi connectivity index (χ3v) is 4.39. The molecular weight excluding hydrogens is 236 g/mol. The van der Waals surface area contributed by atoms with E-state index in [1.807, 2.05) is 13.2 Å². The molecule has 106 valence electrons. The number of hydrogen-bond donors (Lipinski definition) is 1. The van der Waals surface area contributed by atoms with Gasteiger partial charge in [-0.15, -0.1) is 0 Å². The Morgan fingerprint density at radius 2 is 1.89 bits per heavy atom. The first-order valence-corrected chi connectivity index (χ1v) is 7.13. The lowest BCUT2D eigenvalue weighted by Crippen LogP contribution is -2.55. The van der Waals surface area contributed by atoms with Crippen molar-refractivity contribution in [3.63, 3.8) is 0 Å². The van der Waals surface area contributed by atoms with Gasteiger partial charge in [0.2, 0.25) is 0 Å². The highest BCUT2D eigenvalue weighted by Gasteiger charge is 2.27. The number of nitrogens with zero attached hydrogens (tertiary/aromatic N) is 3. The predicted octanol–water partition coefficient (Wildman–Crippen LogP) is 1.89. The molecule has 1 aliphatic rings. The first-order chi connectivity index (χ1) is 9.02. The maximum Gasteiger partial charge on any atom is 0.128 e. The van der Waals surface area contributed by atoms with Crippen LogP contribution in [0.4, 0.5) is 5.82 Å². The highest BCUT2D eigenvalue weighted by atomic mass is 15.3. The molecule has 0 aliphatic carbocycles. The fourth-order valence-corrected chi connectivity index (χ4v) is 2.60. The summed E-state index contributed by atoms with van der Waals surface area (Å²) in [5.41, 5.74) is 1.24. The third kappa shape index (κ3) is 3.07. The van der Waals surface area contributed by atoms with Gasteiger partial charge >= 0.3 is 0 Å². The summed E-state index contributed by atoms with van der Waals surface area (Å²) in [5.74, 6) is 1.10. The van der Waals surface area contributed by atoms with Gasteiger partial charge in [0.25, 0.3) is 0 Å². The van der Waals surface area contributed by atoms with E-state index in [1.165, 1.54) is 5.56 Å². The maximum atomic E-state index is 4.63. The first kappa shape index (κ1) is 14.3. The van der Waals surface area contributed by atoms with E-state index >= 15 is 0 Å². The van der Waals surface area contributed by atoms with Gasteiger partial charge in [-0.3, -0.25) is 4.90 Å². The summed E-state index contributed by atoms with van der Waals surface area (Å²) in [4.78, 5) is 9.46. The summed E-state index contributed by atoms with van der Waals surface area (Å²) < 4.78 is 0. The SMILES string of the molecule is CNC(C)c1ccc(N2CC(C)N(C)C(C)C2)nc1. The van der Waals surface area contributed by atoms with Gasteiger partial charge in [0.15, 0.2) is 0 Å². The van der Waals surface area contributed by atoms with Crippen LogP contribution in [0.5, 0.6) is 0 Å². The Bertz CT molecular complexity index is 391. The van der Waals surface area contributed by atoms with E-state index in [-0.39, 0.29) is 0 Å². The molecule has 1 aromatic heterocycles. The molecule has 3 atom stereocenters. The van der Waals surface area contributed by atoms with E-state index < -0.39 is 0 Å². The van der Waals surface area contributed by atoms with Crippen molar-refractivity contribution in [3.8, 4) is 0 Å². The molecule has 19 heavy (non-hydrogen) atoms. The van der Waals surface area contributed by atoms with Crippen LogP contribution in [0.2, 0.25) is 0 Å². The van der Waals surface area contributed by atoms with E-state index in [0.29, 0.717) is 18.1 Å². The lowest BCUT2D eigenvalue weighted by atomic mass is 10.1. The number of pyridine rings is 1. The molecule has 1 aliphatic heterocycles. The predicted molar refractivity (Wildman–Crippen MR) is 80.6 cm³/mol. The number of nitrogens with one attached hydrogen (secondary N) is 1. The topological polar surface area (TPSA) is 31.4 Å². The molecule has 0 saturated carbocycles. The average molecular weight is 262 g/mol. The first-order valence-electron chi connectivity index (χ1n) is 7.13. The molecule has 1 aromatic rings. The molecule has 2 rings (SSSR count). The zero-order valence-electron chi connectivity index (χ0n) is 12.7. The molecule has 4 nitrogen and oxygen atoms in total. The Labute approximate surface area is 116 Å². The Hall–Kier alpha value is -1.13. The van der Waals surface area contributed by atoms with Crippen LogP contribution < -0.4 is 10.2 Å². The number of piperazine rings is 1. The average Bonchev–Trinajstić information content (AvgIpc) is 2.43. The van der Waals surface area contributed by atoms with E-state index in [2.05, 4.69) is 60.1 Å². The summed E-state index contributed by atoms with van der Waals surface area (Å²) in [5, 5.41) is 3.24. The summed E-state index contributed by atoms with van der Waals surface area (Å²) in [6, 6.07) is 5.82. The van der Waals surface area contributed by atoms with Gasteiger partial charge in [0.05, 0.1) is 0 Å². The van der Waals surface area contributed by atoms with Crippen LogP contribution in [0, 0.1) is 0 Å². The van der Waals surface area contributed by atoms with Crippen LogP contribution in [-0.4, -0.2) is 49.2 Å². The van der Waals surface area contributed by atoms with E-state index in [9.17, 15) is 0 Å². The Morgan fingerprint density at radius 1 is 1.26 bits per heavy atom. The van der Waals surface area contributed by atoms with Crippen molar-refractivity contribution in [1.82, 2.24) is 15.2 Å². The Balaban J connectivity index is 2.10. The summed E-state index contributed by atoms with van der Waals surface area (Å²) in [6.45, 7) is 8.81. The highest BCUT2D eigenvalue weighted by molar-refractivity contribution is 5.41. The van der Waals surface area contributed by atoms with Crippen LogP contribution in [-0.2, 0) is 0 Å². The lowest BCUT2D eigenvalue weighted by molar-refractivity contribution is 0.169. The number of rotatable bonds is 3. The Kier molecular flexibility index (Phi) is 4.42. The molecule has 0 aromatic carbocycles. The minimum absolute atomic E-state index is 0.354. The van der Waals surface area contributed by atoms with Crippen molar-refractivity contribution in [3.05, 3.63) is 23.9 Å². The second-order valence-electron chi connectivity index (χ2n) is 5.73. The summed E-state index contributed by atoms with van der Waals surface area (Å²) in [6.07, 6.45) is 1.99. The molecule has 0 bridgehead atoms. The van der Waals surface area contributed by atoms with Gasteiger partial charge in [-0.1, -0.05) is 6.07 Å². The second kappa shape index (κ2) is 5.88. The number of hydrogen-bond acceptors (Lipinski definition) is 4. The quantitative estimate of drug-likeness (QED) is 0.901. The van der Waals surface area contributed by atoms with Crippen molar-refractivity contribution in [2.45, 2.75) is 38.9 Å². The van der Waals surface area contributed by atoms with E-state index in [1.54, 1.807) is 0 Å². The number of anilines is 1. The maximum absolute atomic E-state index is 4.63. The molecule has 1 saturated heterocycles. The van der Waals surface area contributed by atoms with Gasteiger partial charge in [-0.2, -0.15) is 0 Å². The summed E-state index contributed by atoms with van der Waals surface area (Å²) in [7, 11) is 4.18. The minimum Gasteiger partial charge on any atom is -0.354 e. The highest BCUT2D eigenvalue weighted by Crippen LogP contribution is 2.21. The molecule has 2 heterocycles. The smallest absolute Gasteiger partial charge is 0.128 e. The molecule has 4 heteroatoms. The molecule has 0 radical (unpaired) electrons. The van der Waals surface area contributed by atoms with Crippen molar-refractivity contribution in [2.24, 2.45) is 0 Å². The molecule has 0 spiro atoms. The van der Waals surface area contributed by atoms with Crippen LogP contribution in [0.15, 0.2) is 18.3 Å². The second-order valence-corrected chi connectivity index (χ2v) is 5.73. The van der Waals surface area contributed by atoms with Gasteiger partial charge < -0.3 is 10.2 Å². The zero-order chi connectivity index (χ0) is 14.0. The largest absolute Gasteiger partial charge is 0.354 e. The number of likely N-dealkylation sites (N-methyl/N-ethyl adjacent to an activating group) is 1. The standard InChI is InChI=1S/C15H26N4/c1-11-9-19(10-12(2)18(11)5)15-7-6-14(8-17-15)13(3)16-4/h6-8,11-13,16H,9-10H2,1-5H3. The summed E-state index contributed by atoms with van der Waals surface area (Å²) >= 11 is 0. The van der Waals surface area contributed by atoms with E-state index in [0.717, 1.165) is 18.9 Å². The zero-order valence-corrected chi connectivity index (χ0v) is 12.7. The van der Waals surface area contributed by atoms with Gasteiger partial charge in [0.1, 0.15) is 5.82 Å². The van der Waals surface area contributed by atoms with Crippen molar-refractivity contribution in [2.75, 3.05) is 32.1 Å². The van der Waals surface area contributed by atoms with Crippen molar-refractivity contribution in [1.29, 1.82) is 0 Å². The van der Waals surface area contributed by atoms with Gasteiger partial charge in [-0.05, 0) is 46.5 Å².